The molecule has 1 aromatic carbocycles. The van der Waals surface area contributed by atoms with Gasteiger partial charge in [-0.1, -0.05) is 11.6 Å². The maximum Gasteiger partial charge on any atom is 0.266 e. The number of nitrogens with zero attached hydrogens (tertiary/aromatic N) is 1. The van der Waals surface area contributed by atoms with E-state index < -0.39 is 6.10 Å². The summed E-state index contributed by atoms with van der Waals surface area (Å²) in [5.41, 5.74) is 1.77. The lowest BCUT2D eigenvalue weighted by Gasteiger charge is -2.15. The topological polar surface area (TPSA) is 51.2 Å². The van der Waals surface area contributed by atoms with E-state index in [1.165, 1.54) is 11.3 Å². The van der Waals surface area contributed by atoms with E-state index in [0.717, 1.165) is 11.3 Å². The average Bonchev–Trinajstić information content (AvgIpc) is 2.78. The second-order valence-corrected chi connectivity index (χ2v) is 5.75. The third-order valence-electron chi connectivity index (χ3n) is 2.66. The maximum atomic E-state index is 12.0. The number of rotatable bonds is 4. The van der Waals surface area contributed by atoms with Gasteiger partial charge in [0.1, 0.15) is 5.75 Å². The molecule has 0 aliphatic carbocycles. The zero-order valence-corrected chi connectivity index (χ0v) is 13.0. The number of hydrogen-bond acceptors (Lipinski definition) is 4. The highest BCUT2D eigenvalue weighted by molar-refractivity contribution is 7.13. The SMILES string of the molecule is Cc1csc(NC(=O)[C@@H](C)Oc2ccc(Cl)cc2C)n1. The van der Waals surface area contributed by atoms with Crippen LogP contribution >= 0.6 is 22.9 Å². The van der Waals surface area contributed by atoms with Crippen LogP contribution in [-0.4, -0.2) is 17.0 Å². The van der Waals surface area contributed by atoms with E-state index in [2.05, 4.69) is 10.3 Å². The summed E-state index contributed by atoms with van der Waals surface area (Å²) >= 11 is 7.27. The first-order valence-electron chi connectivity index (χ1n) is 6.11. The second-order valence-electron chi connectivity index (χ2n) is 4.45. The Morgan fingerprint density at radius 3 is 2.80 bits per heavy atom. The lowest BCUT2D eigenvalue weighted by atomic mass is 10.2. The number of nitrogens with one attached hydrogen (secondary N) is 1. The van der Waals surface area contributed by atoms with E-state index in [-0.39, 0.29) is 5.91 Å². The van der Waals surface area contributed by atoms with Crippen molar-refractivity contribution in [2.24, 2.45) is 0 Å². The van der Waals surface area contributed by atoms with Gasteiger partial charge >= 0.3 is 0 Å². The first kappa shape index (κ1) is 14.8. The smallest absolute Gasteiger partial charge is 0.266 e. The molecular formula is C14H15ClN2O2S. The highest BCUT2D eigenvalue weighted by Crippen LogP contribution is 2.23. The third kappa shape index (κ3) is 3.71. The minimum Gasteiger partial charge on any atom is -0.481 e. The van der Waals surface area contributed by atoms with Crippen molar-refractivity contribution in [3.63, 3.8) is 0 Å². The predicted molar refractivity (Wildman–Crippen MR) is 81.8 cm³/mol. The maximum absolute atomic E-state index is 12.0. The van der Waals surface area contributed by atoms with E-state index in [4.69, 9.17) is 16.3 Å². The van der Waals surface area contributed by atoms with Crippen LogP contribution in [0.4, 0.5) is 5.13 Å². The van der Waals surface area contributed by atoms with Crippen molar-refractivity contribution in [3.8, 4) is 5.75 Å². The van der Waals surface area contributed by atoms with Crippen molar-refractivity contribution in [2.75, 3.05) is 5.32 Å². The quantitative estimate of drug-likeness (QED) is 0.934. The second kappa shape index (κ2) is 6.24. The van der Waals surface area contributed by atoms with Crippen LogP contribution in [0.25, 0.3) is 0 Å². The van der Waals surface area contributed by atoms with Gasteiger partial charge in [0.15, 0.2) is 11.2 Å². The highest BCUT2D eigenvalue weighted by Gasteiger charge is 2.17. The Morgan fingerprint density at radius 2 is 2.20 bits per heavy atom. The number of aromatic nitrogens is 1. The molecule has 1 aromatic heterocycles. The standard InChI is InChI=1S/C14H15ClN2O2S/c1-8-6-11(15)4-5-12(8)19-10(3)13(18)17-14-16-9(2)7-20-14/h4-7,10H,1-3H3,(H,16,17,18)/t10-/m1/s1. The van der Waals surface area contributed by atoms with Crippen LogP contribution in [0.15, 0.2) is 23.6 Å². The number of hydrogen-bond donors (Lipinski definition) is 1. The molecule has 4 nitrogen and oxygen atoms in total. The van der Waals surface area contributed by atoms with Crippen LogP contribution < -0.4 is 10.1 Å². The number of carbonyl (C=O) groups is 1. The first-order chi connectivity index (χ1) is 9.45. The van der Waals surface area contributed by atoms with Gasteiger partial charge < -0.3 is 4.74 Å². The van der Waals surface area contributed by atoms with Gasteiger partial charge in [0.2, 0.25) is 0 Å². The highest BCUT2D eigenvalue weighted by atomic mass is 35.5. The van der Waals surface area contributed by atoms with Crippen molar-refractivity contribution in [2.45, 2.75) is 26.9 Å². The Kier molecular flexibility index (Phi) is 4.62. The zero-order valence-electron chi connectivity index (χ0n) is 11.4. The normalized spacial score (nSPS) is 12.0. The summed E-state index contributed by atoms with van der Waals surface area (Å²) < 4.78 is 5.65. The van der Waals surface area contributed by atoms with Crippen molar-refractivity contribution < 1.29 is 9.53 Å². The van der Waals surface area contributed by atoms with Crippen LogP contribution in [0.1, 0.15) is 18.2 Å². The van der Waals surface area contributed by atoms with Gasteiger partial charge in [0.05, 0.1) is 5.69 Å². The number of aryl methyl sites for hydroxylation is 2. The molecule has 2 rings (SSSR count). The Balaban J connectivity index is 2.00. The van der Waals surface area contributed by atoms with E-state index in [0.29, 0.717) is 15.9 Å². The molecule has 0 radical (unpaired) electrons. The van der Waals surface area contributed by atoms with E-state index >= 15 is 0 Å². The summed E-state index contributed by atoms with van der Waals surface area (Å²) in [6, 6.07) is 5.29. The van der Waals surface area contributed by atoms with Gasteiger partial charge in [0, 0.05) is 10.4 Å². The Bertz CT molecular complexity index is 627. The lowest BCUT2D eigenvalue weighted by Crippen LogP contribution is -2.30. The van der Waals surface area contributed by atoms with Gasteiger partial charge in [-0.25, -0.2) is 4.98 Å². The fourth-order valence-corrected chi connectivity index (χ4v) is 2.53. The Hall–Kier alpha value is -1.59. The molecule has 1 heterocycles. The molecular weight excluding hydrogens is 296 g/mol. The molecule has 0 unspecified atom stereocenters. The van der Waals surface area contributed by atoms with Crippen LogP contribution in [0, 0.1) is 13.8 Å². The molecule has 0 spiro atoms. The summed E-state index contributed by atoms with van der Waals surface area (Å²) in [5.74, 6) is 0.418. The molecule has 1 amide bonds. The number of benzene rings is 1. The predicted octanol–water partition coefficient (Wildman–Crippen LogP) is 3.82. The molecule has 0 saturated heterocycles. The largest absolute Gasteiger partial charge is 0.481 e. The molecule has 20 heavy (non-hydrogen) atoms. The molecule has 0 aliphatic heterocycles. The Labute approximate surface area is 126 Å². The van der Waals surface area contributed by atoms with Crippen LogP contribution in [0.5, 0.6) is 5.75 Å². The van der Waals surface area contributed by atoms with Gasteiger partial charge in [0.25, 0.3) is 5.91 Å². The number of amides is 1. The van der Waals surface area contributed by atoms with Crippen LogP contribution in [-0.2, 0) is 4.79 Å². The van der Waals surface area contributed by atoms with Crippen LogP contribution in [0.2, 0.25) is 5.02 Å². The number of thiazole rings is 1. The fraction of sp³-hybridized carbons (Fsp3) is 0.286. The summed E-state index contributed by atoms with van der Waals surface area (Å²) in [6.45, 7) is 5.46. The fourth-order valence-electron chi connectivity index (χ4n) is 1.61. The number of carbonyl (C=O) groups excluding carboxylic acids is 1. The molecule has 106 valence electrons. The average molecular weight is 311 g/mol. The molecule has 0 aliphatic rings. The Morgan fingerprint density at radius 1 is 1.45 bits per heavy atom. The van der Waals surface area contributed by atoms with Crippen molar-refractivity contribution >= 4 is 34.0 Å². The number of ether oxygens (including phenoxy) is 1. The van der Waals surface area contributed by atoms with Gasteiger partial charge in [-0.05, 0) is 44.5 Å². The van der Waals surface area contributed by atoms with E-state index in [9.17, 15) is 4.79 Å². The van der Waals surface area contributed by atoms with Gasteiger partial charge in [-0.3, -0.25) is 10.1 Å². The minimum atomic E-state index is -0.612. The van der Waals surface area contributed by atoms with Gasteiger partial charge in [-0.15, -0.1) is 11.3 Å². The summed E-state index contributed by atoms with van der Waals surface area (Å²) in [6.07, 6.45) is -0.612. The molecule has 1 atom stereocenters. The number of anilines is 1. The molecule has 0 fully saturated rings. The molecule has 2 aromatic rings. The monoisotopic (exact) mass is 310 g/mol. The molecule has 1 N–H and O–H groups in total. The zero-order chi connectivity index (χ0) is 14.7. The molecule has 6 heteroatoms. The number of halogens is 1. The third-order valence-corrected chi connectivity index (χ3v) is 3.77. The molecule has 0 bridgehead atoms. The van der Waals surface area contributed by atoms with E-state index in [1.807, 2.05) is 19.2 Å². The minimum absolute atomic E-state index is 0.228. The summed E-state index contributed by atoms with van der Waals surface area (Å²) in [7, 11) is 0. The van der Waals surface area contributed by atoms with Crippen LogP contribution in [0.3, 0.4) is 0 Å². The van der Waals surface area contributed by atoms with E-state index in [1.54, 1.807) is 25.1 Å². The van der Waals surface area contributed by atoms with Crippen molar-refractivity contribution in [1.29, 1.82) is 0 Å². The lowest BCUT2D eigenvalue weighted by molar-refractivity contribution is -0.122. The first-order valence-corrected chi connectivity index (χ1v) is 7.37. The molecule has 0 saturated carbocycles. The van der Waals surface area contributed by atoms with Crippen molar-refractivity contribution in [1.82, 2.24) is 4.98 Å². The van der Waals surface area contributed by atoms with Crippen molar-refractivity contribution in [3.05, 3.63) is 39.9 Å². The summed E-state index contributed by atoms with van der Waals surface area (Å²) in [5, 5.41) is 5.83. The van der Waals surface area contributed by atoms with Gasteiger partial charge in [-0.2, -0.15) is 0 Å². The summed E-state index contributed by atoms with van der Waals surface area (Å²) in [4.78, 5) is 16.2.